The Balaban J connectivity index is 0.000000334. The normalized spacial score (nSPS) is 17.7. The zero-order valence-electron chi connectivity index (χ0n) is 17.6. The molecule has 5 nitrogen and oxygen atoms in total. The van der Waals surface area contributed by atoms with Crippen LogP contribution in [-0.4, -0.2) is 41.1 Å². The summed E-state index contributed by atoms with van der Waals surface area (Å²) in [6, 6.07) is 17.4. The number of nitrogens with zero attached hydrogens (tertiary/aromatic N) is 1. The molecule has 2 atom stereocenters. The highest BCUT2D eigenvalue weighted by atomic mass is 16.6. The molecule has 1 aromatic rings. The molecule has 0 radical (unpaired) electrons. The molecule has 29 heavy (non-hydrogen) atoms. The maximum atomic E-state index is 12.4. The van der Waals surface area contributed by atoms with Gasteiger partial charge < -0.3 is 14.4 Å². The Bertz CT molecular complexity index is 818. The minimum Gasteiger partial charge on any atom is -0.480 e. The van der Waals surface area contributed by atoms with Crippen molar-refractivity contribution in [2.75, 3.05) is 6.54 Å². The van der Waals surface area contributed by atoms with E-state index >= 15 is 0 Å². The van der Waals surface area contributed by atoms with Crippen LogP contribution in [0.15, 0.2) is 54.6 Å². The van der Waals surface area contributed by atoms with Crippen molar-refractivity contribution in [1.29, 1.82) is 0 Å². The number of benzene rings is 2. The lowest BCUT2D eigenvalue weighted by Gasteiger charge is -2.32. The van der Waals surface area contributed by atoms with E-state index in [0.29, 0.717) is 12.3 Å². The van der Waals surface area contributed by atoms with E-state index in [9.17, 15) is 9.59 Å². The summed E-state index contributed by atoms with van der Waals surface area (Å²) < 4.78 is 11.3. The van der Waals surface area contributed by atoms with Crippen LogP contribution in [0.1, 0.15) is 40.5 Å². The Morgan fingerprint density at radius 2 is 1.59 bits per heavy atom. The summed E-state index contributed by atoms with van der Waals surface area (Å²) in [5.74, 6) is 0.540. The van der Waals surface area contributed by atoms with Crippen LogP contribution in [0.4, 0.5) is 4.79 Å². The number of amides is 1. The lowest BCUT2D eigenvalue weighted by atomic mass is 9.95. The van der Waals surface area contributed by atoms with Crippen LogP contribution >= 0.6 is 0 Å². The zero-order chi connectivity index (χ0) is 21.0. The summed E-state index contributed by atoms with van der Waals surface area (Å²) >= 11 is 0. The largest absolute Gasteiger partial charge is 0.480 e. The first-order valence-corrected chi connectivity index (χ1v) is 10.1. The van der Waals surface area contributed by atoms with Crippen LogP contribution in [-0.2, 0) is 9.53 Å². The Morgan fingerprint density at radius 1 is 1.00 bits per heavy atom. The molecule has 1 fully saturated rings. The van der Waals surface area contributed by atoms with Crippen molar-refractivity contribution in [3.05, 3.63) is 54.6 Å². The quantitative estimate of drug-likeness (QED) is 0.617. The summed E-state index contributed by atoms with van der Waals surface area (Å²) in [5, 5.41) is 0. The summed E-state index contributed by atoms with van der Waals surface area (Å²) in [6.07, 6.45) is 0.512. The highest BCUT2D eigenvalue weighted by molar-refractivity contribution is 5.82. The van der Waals surface area contributed by atoms with Gasteiger partial charge in [0, 0.05) is 6.54 Å². The predicted octanol–water partition coefficient (Wildman–Crippen LogP) is 5.09. The third-order valence-corrected chi connectivity index (χ3v) is 4.90. The highest BCUT2D eigenvalue weighted by Gasteiger charge is 2.40. The van der Waals surface area contributed by atoms with Gasteiger partial charge in [-0.05, 0) is 63.8 Å². The van der Waals surface area contributed by atoms with E-state index in [1.165, 1.54) is 18.1 Å². The minimum atomic E-state index is -0.674. The van der Waals surface area contributed by atoms with Crippen LogP contribution in [0.5, 0.6) is 5.75 Å². The number of carbonyl (C=O) groups excluding carboxylic acids is 2. The lowest BCUT2D eigenvalue weighted by molar-refractivity contribution is -0.126. The van der Waals surface area contributed by atoms with Gasteiger partial charge in [-0.25, -0.2) is 4.79 Å². The van der Waals surface area contributed by atoms with E-state index in [4.69, 9.17) is 9.47 Å². The average molecular weight is 395 g/mol. The molecule has 4 rings (SSSR count). The average Bonchev–Trinajstić information content (AvgIpc) is 3.12. The van der Waals surface area contributed by atoms with Crippen molar-refractivity contribution >= 4 is 11.9 Å². The van der Waals surface area contributed by atoms with Crippen LogP contribution < -0.4 is 4.74 Å². The van der Waals surface area contributed by atoms with Crippen molar-refractivity contribution in [1.82, 2.24) is 4.90 Å². The first-order chi connectivity index (χ1) is 13.7. The van der Waals surface area contributed by atoms with Gasteiger partial charge in [0.05, 0.1) is 6.04 Å². The molecule has 1 saturated heterocycles. The van der Waals surface area contributed by atoms with Gasteiger partial charge in [0.25, 0.3) is 0 Å². The number of carbonyl (C=O) groups is 2. The number of hydrogen-bond acceptors (Lipinski definition) is 4. The fraction of sp³-hybridized carbons (Fsp3) is 0.417. The topological polar surface area (TPSA) is 55.8 Å². The van der Waals surface area contributed by atoms with Crippen molar-refractivity contribution < 1.29 is 19.1 Å². The molecule has 154 valence electrons. The van der Waals surface area contributed by atoms with Crippen molar-refractivity contribution in [3.8, 4) is 16.9 Å². The molecule has 1 amide bonds. The second-order valence-corrected chi connectivity index (χ2v) is 8.42. The smallest absolute Gasteiger partial charge is 0.410 e. The number of ketones is 1. The zero-order valence-corrected chi connectivity index (χ0v) is 17.6. The van der Waals surface area contributed by atoms with Gasteiger partial charge in [-0.15, -0.1) is 0 Å². The SMILES string of the molecule is CC(=O)C(Oc1ccccc1)C1CCCN1C(=O)OC(C)(C)C.c1cc2ccc1-2. The molecule has 0 saturated carbocycles. The number of Topliss-reactive ketones (excluding diaryl/α,β-unsaturated/α-hetero) is 1. The van der Waals surface area contributed by atoms with Gasteiger partial charge >= 0.3 is 6.09 Å². The maximum Gasteiger partial charge on any atom is 0.410 e. The van der Waals surface area contributed by atoms with Gasteiger partial charge in [0.2, 0.25) is 0 Å². The molecule has 2 aliphatic carbocycles. The van der Waals surface area contributed by atoms with Crippen molar-refractivity contribution in [3.63, 3.8) is 0 Å². The van der Waals surface area contributed by atoms with E-state index in [1.54, 1.807) is 4.90 Å². The Labute approximate surface area is 172 Å². The van der Waals surface area contributed by atoms with Gasteiger partial charge in [-0.2, -0.15) is 0 Å². The van der Waals surface area contributed by atoms with Crippen LogP contribution in [0.2, 0.25) is 0 Å². The Morgan fingerprint density at radius 3 is 2.03 bits per heavy atom. The predicted molar refractivity (Wildman–Crippen MR) is 113 cm³/mol. The number of likely N-dealkylation sites (tertiary alicyclic amines) is 1. The van der Waals surface area contributed by atoms with Crippen LogP contribution in [0.3, 0.4) is 0 Å². The molecule has 0 N–H and O–H groups in total. The number of fused-ring (bicyclic) bond motifs is 1. The van der Waals surface area contributed by atoms with Gasteiger partial charge in [-0.3, -0.25) is 4.79 Å². The molecule has 1 aromatic carbocycles. The van der Waals surface area contributed by atoms with Crippen molar-refractivity contribution in [2.45, 2.75) is 58.3 Å². The molecule has 3 aliphatic rings. The molecule has 2 unspecified atom stereocenters. The van der Waals surface area contributed by atoms with Gasteiger partial charge in [0.15, 0.2) is 11.9 Å². The third-order valence-electron chi connectivity index (χ3n) is 4.90. The number of para-hydroxylation sites is 1. The first-order valence-electron chi connectivity index (χ1n) is 10.1. The Kier molecular flexibility index (Phi) is 6.26. The van der Waals surface area contributed by atoms with Crippen LogP contribution in [0.25, 0.3) is 11.1 Å². The molecule has 0 bridgehead atoms. The minimum absolute atomic E-state index is 0.0886. The van der Waals surface area contributed by atoms with Gasteiger partial charge in [0.1, 0.15) is 11.4 Å². The van der Waals surface area contributed by atoms with Crippen molar-refractivity contribution in [2.24, 2.45) is 0 Å². The van der Waals surface area contributed by atoms with Gasteiger partial charge in [-0.1, -0.05) is 42.5 Å². The van der Waals surface area contributed by atoms with Crippen LogP contribution in [0, 0.1) is 0 Å². The standard InChI is InChI=1S/C18H25NO4.C6H4/c1-13(20)16(22-14-9-6-5-7-10-14)15-11-8-12-19(15)17(21)23-18(2,3)4;1-2-6-4-3-5(1)6/h5-7,9-10,15-16H,8,11-12H2,1-4H3;1-4H. The van der Waals surface area contributed by atoms with E-state index in [-0.39, 0.29) is 17.9 Å². The highest BCUT2D eigenvalue weighted by Crippen LogP contribution is 2.29. The second kappa shape index (κ2) is 8.68. The molecular formula is C24H29NO4. The molecular weight excluding hydrogens is 366 g/mol. The van der Waals surface area contributed by atoms with E-state index < -0.39 is 11.7 Å². The number of rotatable bonds is 4. The molecule has 1 heterocycles. The molecule has 0 spiro atoms. The van der Waals surface area contributed by atoms with E-state index in [2.05, 4.69) is 24.3 Å². The fourth-order valence-corrected chi connectivity index (χ4v) is 3.40. The number of ether oxygens (including phenoxy) is 2. The summed E-state index contributed by atoms with van der Waals surface area (Å²) in [5.41, 5.74) is 2.29. The third kappa shape index (κ3) is 5.37. The van der Waals surface area contributed by atoms with E-state index in [0.717, 1.165) is 12.8 Å². The summed E-state index contributed by atoms with van der Waals surface area (Å²) in [6.45, 7) is 7.58. The maximum absolute atomic E-state index is 12.4. The second-order valence-electron chi connectivity index (χ2n) is 8.42. The number of hydrogen-bond donors (Lipinski definition) is 0. The Hall–Kier alpha value is -2.82. The molecule has 5 heteroatoms. The summed E-state index contributed by atoms with van der Waals surface area (Å²) in [7, 11) is 0. The summed E-state index contributed by atoms with van der Waals surface area (Å²) in [4.78, 5) is 26.1. The molecule has 1 aliphatic heterocycles. The van der Waals surface area contributed by atoms with E-state index in [1.807, 2.05) is 51.1 Å². The molecule has 0 aromatic heterocycles. The lowest BCUT2D eigenvalue weighted by Crippen LogP contribution is -2.49. The monoisotopic (exact) mass is 395 g/mol. The fourth-order valence-electron chi connectivity index (χ4n) is 3.40. The first kappa shape index (κ1) is 20.9.